The van der Waals surface area contributed by atoms with Crippen molar-refractivity contribution in [3.8, 4) is 0 Å². The molecule has 1 amide bonds. The Hall–Kier alpha value is -2.54. The maximum Gasteiger partial charge on any atom is 0.265 e. The topological polar surface area (TPSA) is 62.2 Å². The molecule has 0 radical (unpaired) electrons. The molecule has 0 saturated carbocycles. The van der Waals surface area contributed by atoms with Crippen LogP contribution in [0.3, 0.4) is 0 Å². The first-order chi connectivity index (χ1) is 11.7. The highest BCUT2D eigenvalue weighted by molar-refractivity contribution is 7.11. The third kappa shape index (κ3) is 2.60. The van der Waals surface area contributed by atoms with Gasteiger partial charge in [0.2, 0.25) is 0 Å². The van der Waals surface area contributed by atoms with Crippen molar-refractivity contribution in [3.63, 3.8) is 0 Å². The van der Waals surface area contributed by atoms with E-state index in [1.54, 1.807) is 11.8 Å². The van der Waals surface area contributed by atoms with Gasteiger partial charge in [0, 0.05) is 31.6 Å². The van der Waals surface area contributed by atoms with E-state index in [4.69, 9.17) is 0 Å². The van der Waals surface area contributed by atoms with Gasteiger partial charge in [-0.05, 0) is 19.1 Å². The van der Waals surface area contributed by atoms with Crippen LogP contribution in [0.5, 0.6) is 0 Å². The predicted molar refractivity (Wildman–Crippen MR) is 94.5 cm³/mol. The van der Waals surface area contributed by atoms with Gasteiger partial charge in [-0.15, -0.1) is 11.3 Å². The molecule has 6 nitrogen and oxygen atoms in total. The molecular weight excluding hydrogens is 322 g/mol. The molecule has 24 heavy (non-hydrogen) atoms. The zero-order valence-corrected chi connectivity index (χ0v) is 14.2. The van der Waals surface area contributed by atoms with Gasteiger partial charge in [0.15, 0.2) is 0 Å². The smallest absolute Gasteiger partial charge is 0.265 e. The third-order valence-corrected chi connectivity index (χ3v) is 5.24. The summed E-state index contributed by atoms with van der Waals surface area (Å²) in [7, 11) is 0. The highest BCUT2D eigenvalue weighted by Gasteiger charge is 2.25. The van der Waals surface area contributed by atoms with Crippen LogP contribution < -0.4 is 4.90 Å². The van der Waals surface area contributed by atoms with E-state index in [1.807, 2.05) is 36.1 Å². The zero-order valence-electron chi connectivity index (χ0n) is 13.3. The summed E-state index contributed by atoms with van der Waals surface area (Å²) in [6.45, 7) is 4.80. The first-order valence-corrected chi connectivity index (χ1v) is 8.76. The van der Waals surface area contributed by atoms with E-state index in [0.717, 1.165) is 40.4 Å². The molecule has 7 heteroatoms. The molecule has 0 atom stereocenters. The van der Waals surface area contributed by atoms with Gasteiger partial charge in [-0.2, -0.15) is 0 Å². The fraction of sp³-hybridized carbons (Fsp3) is 0.294. The second kappa shape index (κ2) is 6.16. The molecule has 122 valence electrons. The lowest BCUT2D eigenvalue weighted by Gasteiger charge is -2.35. The van der Waals surface area contributed by atoms with E-state index in [-0.39, 0.29) is 5.91 Å². The standard InChI is InChI=1S/C17H17N5OS/c1-12-15(24-11-20-12)17(23)22-8-6-21(7-9-22)16-13-4-2-3-5-14(13)18-10-19-16/h2-5,10-11H,6-9H2,1H3. The number of amides is 1. The number of nitrogens with zero attached hydrogens (tertiary/aromatic N) is 5. The summed E-state index contributed by atoms with van der Waals surface area (Å²) < 4.78 is 0. The number of aryl methyl sites for hydroxylation is 1. The summed E-state index contributed by atoms with van der Waals surface area (Å²) in [4.78, 5) is 30.4. The number of piperazine rings is 1. The molecule has 1 aliphatic rings. The number of hydrogen-bond acceptors (Lipinski definition) is 6. The zero-order chi connectivity index (χ0) is 16.5. The maximum atomic E-state index is 12.6. The van der Waals surface area contributed by atoms with Crippen LogP contribution in [0.25, 0.3) is 10.9 Å². The van der Waals surface area contributed by atoms with Crippen molar-refractivity contribution in [1.82, 2.24) is 19.9 Å². The number of hydrogen-bond donors (Lipinski definition) is 0. The van der Waals surface area contributed by atoms with Crippen molar-refractivity contribution in [2.45, 2.75) is 6.92 Å². The van der Waals surface area contributed by atoms with Gasteiger partial charge < -0.3 is 9.80 Å². The molecule has 0 aliphatic carbocycles. The Bertz CT molecular complexity index is 880. The molecule has 1 aromatic carbocycles. The van der Waals surface area contributed by atoms with E-state index in [9.17, 15) is 4.79 Å². The summed E-state index contributed by atoms with van der Waals surface area (Å²) in [5.41, 5.74) is 3.49. The Balaban J connectivity index is 1.52. The molecule has 4 rings (SSSR count). The van der Waals surface area contributed by atoms with Crippen molar-refractivity contribution < 1.29 is 4.79 Å². The number of anilines is 1. The van der Waals surface area contributed by atoms with Gasteiger partial charge in [0.1, 0.15) is 17.0 Å². The molecule has 1 saturated heterocycles. The fourth-order valence-corrected chi connectivity index (χ4v) is 3.78. The average molecular weight is 339 g/mol. The number of carbonyl (C=O) groups excluding carboxylic acids is 1. The van der Waals surface area contributed by atoms with Crippen molar-refractivity contribution in [3.05, 3.63) is 46.7 Å². The summed E-state index contributed by atoms with van der Waals surface area (Å²) in [6.07, 6.45) is 1.61. The molecular formula is C17H17N5OS. The molecule has 3 heterocycles. The lowest BCUT2D eigenvalue weighted by molar-refractivity contribution is 0.0750. The number of rotatable bonds is 2. The first kappa shape index (κ1) is 15.0. The maximum absolute atomic E-state index is 12.6. The van der Waals surface area contributed by atoms with E-state index < -0.39 is 0 Å². The Kier molecular flexibility index (Phi) is 3.86. The second-order valence-electron chi connectivity index (χ2n) is 5.76. The van der Waals surface area contributed by atoms with Crippen molar-refractivity contribution in [2.75, 3.05) is 31.1 Å². The predicted octanol–water partition coefficient (Wildman–Crippen LogP) is 2.36. The van der Waals surface area contributed by atoms with E-state index in [1.165, 1.54) is 11.3 Å². The number of thiazole rings is 1. The fourth-order valence-electron chi connectivity index (χ4n) is 3.01. The highest BCUT2D eigenvalue weighted by atomic mass is 32.1. The molecule has 1 fully saturated rings. The SMILES string of the molecule is Cc1ncsc1C(=O)N1CCN(c2ncnc3ccccc23)CC1. The number of benzene rings is 1. The largest absolute Gasteiger partial charge is 0.352 e. The highest BCUT2D eigenvalue weighted by Crippen LogP contribution is 2.24. The van der Waals surface area contributed by atoms with Crippen molar-refractivity contribution >= 4 is 34.0 Å². The average Bonchev–Trinajstić information content (AvgIpc) is 3.07. The van der Waals surface area contributed by atoms with Gasteiger partial charge in [0.05, 0.1) is 16.7 Å². The minimum absolute atomic E-state index is 0.0854. The van der Waals surface area contributed by atoms with Crippen LogP contribution in [0.15, 0.2) is 36.1 Å². The molecule has 0 unspecified atom stereocenters. The van der Waals surface area contributed by atoms with Crippen LogP contribution in [0.4, 0.5) is 5.82 Å². The Morgan fingerprint density at radius 2 is 1.88 bits per heavy atom. The number of carbonyl (C=O) groups is 1. The molecule has 3 aromatic rings. The van der Waals surface area contributed by atoms with Crippen LogP contribution in [-0.2, 0) is 0 Å². The Morgan fingerprint density at radius 3 is 2.62 bits per heavy atom. The number of fused-ring (bicyclic) bond motifs is 1. The summed E-state index contributed by atoms with van der Waals surface area (Å²) in [5.74, 6) is 1.03. The van der Waals surface area contributed by atoms with Gasteiger partial charge in [0.25, 0.3) is 5.91 Å². The minimum Gasteiger partial charge on any atom is -0.352 e. The molecule has 0 spiro atoms. The van der Waals surface area contributed by atoms with Gasteiger partial charge in [-0.3, -0.25) is 4.79 Å². The normalized spacial score (nSPS) is 15.0. The van der Waals surface area contributed by atoms with Crippen LogP contribution in [0.2, 0.25) is 0 Å². The van der Waals surface area contributed by atoms with Gasteiger partial charge in [-0.1, -0.05) is 12.1 Å². The van der Waals surface area contributed by atoms with Crippen LogP contribution in [0.1, 0.15) is 15.4 Å². The minimum atomic E-state index is 0.0854. The van der Waals surface area contributed by atoms with Gasteiger partial charge in [-0.25, -0.2) is 15.0 Å². The summed E-state index contributed by atoms with van der Waals surface area (Å²) in [6, 6.07) is 8.02. The number of para-hydroxylation sites is 1. The number of aromatic nitrogens is 3. The third-order valence-electron chi connectivity index (χ3n) is 4.33. The van der Waals surface area contributed by atoms with Crippen molar-refractivity contribution in [1.29, 1.82) is 0 Å². The lowest BCUT2D eigenvalue weighted by atomic mass is 10.2. The molecule has 0 bridgehead atoms. The monoisotopic (exact) mass is 339 g/mol. The van der Waals surface area contributed by atoms with Crippen LogP contribution >= 0.6 is 11.3 Å². The summed E-state index contributed by atoms with van der Waals surface area (Å²) in [5, 5.41) is 1.05. The second-order valence-corrected chi connectivity index (χ2v) is 6.62. The Labute approximate surface area is 143 Å². The van der Waals surface area contributed by atoms with Crippen LogP contribution in [-0.4, -0.2) is 51.9 Å². The first-order valence-electron chi connectivity index (χ1n) is 7.88. The lowest BCUT2D eigenvalue weighted by Crippen LogP contribution is -2.49. The molecule has 0 N–H and O–H groups in total. The summed E-state index contributed by atoms with van der Waals surface area (Å²) >= 11 is 1.41. The van der Waals surface area contributed by atoms with Crippen molar-refractivity contribution in [2.24, 2.45) is 0 Å². The quantitative estimate of drug-likeness (QED) is 0.717. The van der Waals surface area contributed by atoms with E-state index in [2.05, 4.69) is 19.9 Å². The van der Waals surface area contributed by atoms with E-state index in [0.29, 0.717) is 13.1 Å². The molecule has 1 aliphatic heterocycles. The Morgan fingerprint density at radius 1 is 1.08 bits per heavy atom. The van der Waals surface area contributed by atoms with Gasteiger partial charge >= 0.3 is 0 Å². The van der Waals surface area contributed by atoms with Crippen LogP contribution in [0, 0.1) is 6.92 Å². The van der Waals surface area contributed by atoms with E-state index >= 15 is 0 Å². The molecule has 2 aromatic heterocycles.